The van der Waals surface area contributed by atoms with E-state index in [2.05, 4.69) is 4.98 Å². The monoisotopic (exact) mass is 295 g/mol. The molecule has 112 valence electrons. The van der Waals surface area contributed by atoms with Gasteiger partial charge in [-0.15, -0.1) is 0 Å². The lowest BCUT2D eigenvalue weighted by molar-refractivity contribution is -0.132. The molecule has 0 N–H and O–H groups in total. The van der Waals surface area contributed by atoms with Crippen LogP contribution in [0.25, 0.3) is 0 Å². The second kappa shape index (κ2) is 5.31. The van der Waals surface area contributed by atoms with Crippen molar-refractivity contribution in [3.63, 3.8) is 0 Å². The largest absolute Gasteiger partial charge is 0.469 e. The van der Waals surface area contributed by atoms with E-state index >= 15 is 0 Å². The molecule has 1 aliphatic rings. The summed E-state index contributed by atoms with van der Waals surface area (Å²) in [6, 6.07) is 3.64. The molecule has 2 unspecified atom stereocenters. The molecule has 2 heterocycles. The molecule has 1 amide bonds. The van der Waals surface area contributed by atoms with Gasteiger partial charge in [0.25, 0.3) is 0 Å². The van der Waals surface area contributed by atoms with Crippen molar-refractivity contribution in [1.82, 2.24) is 14.5 Å². The van der Waals surface area contributed by atoms with Crippen molar-refractivity contribution in [2.45, 2.75) is 25.4 Å². The summed E-state index contributed by atoms with van der Waals surface area (Å²) in [4.78, 5) is 17.6. The average molecular weight is 295 g/mol. The lowest BCUT2D eigenvalue weighted by Crippen LogP contribution is -2.29. The molecule has 2 aromatic heterocycles. The van der Waals surface area contributed by atoms with Crippen LogP contribution in [-0.2, 0) is 11.3 Å². The Morgan fingerprint density at radius 3 is 3.10 bits per heavy atom. The van der Waals surface area contributed by atoms with Gasteiger partial charge in [-0.2, -0.15) is 8.78 Å². The van der Waals surface area contributed by atoms with Crippen molar-refractivity contribution >= 4 is 5.91 Å². The zero-order valence-electron chi connectivity index (χ0n) is 11.4. The molecule has 3 rings (SSSR count). The van der Waals surface area contributed by atoms with Crippen LogP contribution in [0.4, 0.5) is 8.78 Å². The van der Waals surface area contributed by atoms with Gasteiger partial charge in [0.1, 0.15) is 11.6 Å². The Balaban J connectivity index is 1.62. The van der Waals surface area contributed by atoms with E-state index in [1.807, 2.05) is 6.07 Å². The van der Waals surface area contributed by atoms with Crippen molar-refractivity contribution in [3.8, 4) is 0 Å². The summed E-state index contributed by atoms with van der Waals surface area (Å²) in [6.07, 6.45) is 4.84. The van der Waals surface area contributed by atoms with E-state index in [-0.39, 0.29) is 30.1 Å². The Morgan fingerprint density at radius 2 is 2.43 bits per heavy atom. The molecule has 1 aliphatic carbocycles. The third kappa shape index (κ3) is 2.68. The summed E-state index contributed by atoms with van der Waals surface area (Å²) in [5.74, 6) is 0.882. The fourth-order valence-electron chi connectivity index (χ4n) is 2.50. The van der Waals surface area contributed by atoms with Crippen molar-refractivity contribution in [2.24, 2.45) is 5.92 Å². The zero-order valence-corrected chi connectivity index (χ0v) is 11.4. The molecule has 0 spiro atoms. The van der Waals surface area contributed by atoms with Crippen LogP contribution in [0.3, 0.4) is 0 Å². The second-order valence-electron chi connectivity index (χ2n) is 5.19. The Bertz CT molecular complexity index is 624. The van der Waals surface area contributed by atoms with Crippen LogP contribution >= 0.6 is 0 Å². The smallest absolute Gasteiger partial charge is 0.319 e. The molecule has 1 saturated carbocycles. The Hall–Kier alpha value is -2.18. The summed E-state index contributed by atoms with van der Waals surface area (Å²) in [6.45, 7) is -2.58. The third-order valence-corrected chi connectivity index (χ3v) is 3.73. The van der Waals surface area contributed by atoms with Gasteiger partial charge in [-0.05, 0) is 18.6 Å². The maximum Gasteiger partial charge on any atom is 0.319 e. The number of amides is 1. The molecule has 7 heteroatoms. The first-order chi connectivity index (χ1) is 10.1. The number of furan rings is 1. The number of hydrogen-bond donors (Lipinski definition) is 0. The molecule has 0 aromatic carbocycles. The Labute approximate surface area is 120 Å². The fourth-order valence-corrected chi connectivity index (χ4v) is 2.50. The van der Waals surface area contributed by atoms with Crippen LogP contribution in [-0.4, -0.2) is 27.4 Å². The number of hydrogen-bond acceptors (Lipinski definition) is 3. The quantitative estimate of drug-likeness (QED) is 0.852. The average Bonchev–Trinajstić information content (AvgIpc) is 2.90. The molecule has 0 bridgehead atoms. The molecule has 0 saturated heterocycles. The molecule has 0 radical (unpaired) electrons. The highest BCUT2D eigenvalue weighted by Crippen LogP contribution is 2.48. The number of aromatic nitrogens is 2. The van der Waals surface area contributed by atoms with Gasteiger partial charge in [-0.3, -0.25) is 9.36 Å². The predicted molar refractivity (Wildman–Crippen MR) is 69.5 cm³/mol. The minimum atomic E-state index is -2.65. The minimum absolute atomic E-state index is 0.0670. The molecule has 5 nitrogen and oxygen atoms in total. The van der Waals surface area contributed by atoms with Gasteiger partial charge >= 0.3 is 6.55 Å². The molecule has 21 heavy (non-hydrogen) atoms. The topological polar surface area (TPSA) is 51.3 Å². The number of rotatable bonds is 5. The van der Waals surface area contributed by atoms with Crippen molar-refractivity contribution in [1.29, 1.82) is 0 Å². The van der Waals surface area contributed by atoms with Crippen molar-refractivity contribution in [3.05, 3.63) is 42.4 Å². The number of nitrogens with zero attached hydrogens (tertiary/aromatic N) is 3. The number of carbonyl (C=O) groups is 1. The van der Waals surface area contributed by atoms with Crippen molar-refractivity contribution < 1.29 is 18.0 Å². The summed E-state index contributed by atoms with van der Waals surface area (Å²) in [7, 11) is 1.60. The van der Waals surface area contributed by atoms with E-state index in [1.165, 1.54) is 17.3 Å². The first kappa shape index (κ1) is 13.8. The van der Waals surface area contributed by atoms with Gasteiger partial charge < -0.3 is 9.32 Å². The van der Waals surface area contributed by atoms with Crippen LogP contribution in [0.1, 0.15) is 30.5 Å². The summed E-state index contributed by atoms with van der Waals surface area (Å²) < 4.78 is 31.5. The predicted octanol–water partition coefficient (Wildman–Crippen LogP) is 2.63. The van der Waals surface area contributed by atoms with Crippen LogP contribution in [0, 0.1) is 5.92 Å². The fraction of sp³-hybridized carbons (Fsp3) is 0.429. The van der Waals surface area contributed by atoms with Gasteiger partial charge in [0.15, 0.2) is 0 Å². The third-order valence-electron chi connectivity index (χ3n) is 3.73. The number of carbonyl (C=O) groups excluding carboxylic acids is 1. The first-order valence-electron chi connectivity index (χ1n) is 6.66. The highest BCUT2D eigenvalue weighted by molar-refractivity contribution is 5.82. The second-order valence-corrected chi connectivity index (χ2v) is 5.19. The molecule has 0 aliphatic heterocycles. The summed E-state index contributed by atoms with van der Waals surface area (Å²) in [5, 5.41) is 0. The van der Waals surface area contributed by atoms with Gasteiger partial charge in [0.2, 0.25) is 5.91 Å². The molecule has 1 fully saturated rings. The highest BCUT2D eigenvalue weighted by atomic mass is 19.3. The molecule has 2 atom stereocenters. The van der Waals surface area contributed by atoms with Gasteiger partial charge in [0.05, 0.1) is 12.8 Å². The zero-order chi connectivity index (χ0) is 15.0. The van der Waals surface area contributed by atoms with E-state index in [4.69, 9.17) is 4.42 Å². The maximum atomic E-state index is 12.7. The molecular formula is C14H15F2N3O2. The maximum absolute atomic E-state index is 12.7. The number of alkyl halides is 2. The Kier molecular flexibility index (Phi) is 3.48. The summed E-state index contributed by atoms with van der Waals surface area (Å²) >= 11 is 0. The van der Waals surface area contributed by atoms with Gasteiger partial charge in [-0.1, -0.05) is 0 Å². The standard InChI is InChI=1S/C14H15F2N3O2/c1-18(8-12-17-4-5-19(12)14(15)16)13(20)10-7-9(10)11-3-2-6-21-11/h2-6,9-10,14H,7-8H2,1H3. The van der Waals surface area contributed by atoms with Crippen LogP contribution in [0.2, 0.25) is 0 Å². The van der Waals surface area contributed by atoms with Crippen LogP contribution in [0.15, 0.2) is 35.2 Å². The SMILES string of the molecule is CN(Cc1nccn1C(F)F)C(=O)C1CC1c1ccco1. The summed E-state index contributed by atoms with van der Waals surface area (Å²) in [5.41, 5.74) is 0. The van der Waals surface area contributed by atoms with E-state index in [1.54, 1.807) is 19.4 Å². The number of halogens is 2. The van der Waals surface area contributed by atoms with E-state index in [0.29, 0.717) is 0 Å². The molecule has 2 aromatic rings. The van der Waals surface area contributed by atoms with E-state index in [0.717, 1.165) is 16.7 Å². The molecular weight excluding hydrogens is 280 g/mol. The van der Waals surface area contributed by atoms with E-state index in [9.17, 15) is 13.6 Å². The van der Waals surface area contributed by atoms with E-state index < -0.39 is 6.55 Å². The Morgan fingerprint density at radius 1 is 1.62 bits per heavy atom. The highest BCUT2D eigenvalue weighted by Gasteiger charge is 2.47. The lowest BCUT2D eigenvalue weighted by Gasteiger charge is -2.17. The minimum Gasteiger partial charge on any atom is -0.469 e. The lowest BCUT2D eigenvalue weighted by atomic mass is 10.2. The van der Waals surface area contributed by atoms with Crippen LogP contribution in [0.5, 0.6) is 0 Å². The normalized spacial score (nSPS) is 20.8. The van der Waals surface area contributed by atoms with Crippen molar-refractivity contribution in [2.75, 3.05) is 7.05 Å². The van der Waals surface area contributed by atoms with Gasteiger partial charge in [-0.25, -0.2) is 4.98 Å². The first-order valence-corrected chi connectivity index (χ1v) is 6.66. The van der Waals surface area contributed by atoms with Crippen LogP contribution < -0.4 is 0 Å². The van der Waals surface area contributed by atoms with Gasteiger partial charge in [0, 0.05) is 31.3 Å². The number of imidazole rings is 1.